The Kier molecular flexibility index (Phi) is 6.34. The van der Waals surface area contributed by atoms with E-state index >= 15 is 0 Å². The van der Waals surface area contributed by atoms with Crippen LogP contribution in [0.1, 0.15) is 45.9 Å². The van der Waals surface area contributed by atoms with Crippen LogP contribution in [-0.2, 0) is 7.05 Å². The van der Waals surface area contributed by atoms with Crippen LogP contribution >= 0.6 is 0 Å². The van der Waals surface area contributed by atoms with Crippen molar-refractivity contribution in [2.45, 2.75) is 25.8 Å². The predicted molar refractivity (Wildman–Crippen MR) is 142 cm³/mol. The van der Waals surface area contributed by atoms with E-state index in [1.807, 2.05) is 68.1 Å². The first-order valence-electron chi connectivity index (χ1n) is 12.0. The number of nitrogens with zero attached hydrogens (tertiary/aromatic N) is 2. The van der Waals surface area contributed by atoms with Crippen LogP contribution in [0.2, 0.25) is 0 Å². The topological polar surface area (TPSA) is 62.7 Å². The van der Waals surface area contributed by atoms with Crippen molar-refractivity contribution in [1.29, 1.82) is 0 Å². The number of rotatable bonds is 8. The van der Waals surface area contributed by atoms with E-state index in [1.165, 1.54) is 11.1 Å². The van der Waals surface area contributed by atoms with Crippen LogP contribution in [0.4, 0.5) is 0 Å². The van der Waals surface area contributed by atoms with Crippen molar-refractivity contribution in [3.63, 3.8) is 0 Å². The Labute approximate surface area is 205 Å². The number of H-pyrrole nitrogens is 1. The van der Waals surface area contributed by atoms with E-state index in [4.69, 9.17) is 0 Å². The molecule has 2 N–H and O–H groups in total. The molecule has 0 aliphatic heterocycles. The molecule has 2 aromatic heterocycles. The molecule has 0 fully saturated rings. The summed E-state index contributed by atoms with van der Waals surface area (Å²) in [5, 5.41) is 8.76. The highest BCUT2D eigenvalue weighted by Crippen LogP contribution is 2.29. The molecule has 3 aromatic carbocycles. The van der Waals surface area contributed by atoms with E-state index in [9.17, 15) is 4.79 Å². The average Bonchev–Trinajstić information content (AvgIpc) is 3.51. The van der Waals surface area contributed by atoms with E-state index in [2.05, 4.69) is 59.6 Å². The van der Waals surface area contributed by atoms with Gasteiger partial charge in [-0.2, -0.15) is 5.10 Å². The molecule has 35 heavy (non-hydrogen) atoms. The van der Waals surface area contributed by atoms with Gasteiger partial charge in [-0.15, -0.1) is 0 Å². The number of aromatic amines is 1. The van der Waals surface area contributed by atoms with E-state index < -0.39 is 6.04 Å². The van der Waals surface area contributed by atoms with Gasteiger partial charge in [-0.1, -0.05) is 79.2 Å². The van der Waals surface area contributed by atoms with Crippen molar-refractivity contribution < 1.29 is 4.79 Å². The number of hydrogen-bond acceptors (Lipinski definition) is 3. The lowest BCUT2D eigenvalue weighted by Crippen LogP contribution is -2.31. The average molecular weight is 463 g/mol. The Morgan fingerprint density at radius 3 is 2.49 bits per heavy atom. The van der Waals surface area contributed by atoms with Gasteiger partial charge in [0.1, 0.15) is 0 Å². The summed E-state index contributed by atoms with van der Waals surface area (Å²) < 4.78 is 1.79. The first-order chi connectivity index (χ1) is 17.0. The minimum absolute atomic E-state index is 0.0627. The Morgan fingerprint density at radius 1 is 1.00 bits per heavy atom. The van der Waals surface area contributed by atoms with Crippen molar-refractivity contribution in [3.8, 4) is 11.1 Å². The molecule has 5 nitrogen and oxygen atoms in total. The minimum atomic E-state index is -0.430. The zero-order valence-corrected chi connectivity index (χ0v) is 20.3. The molecule has 5 aromatic rings. The number of benzene rings is 3. The van der Waals surface area contributed by atoms with E-state index in [0.717, 1.165) is 27.6 Å². The lowest BCUT2D eigenvalue weighted by molar-refractivity contribution is 0.0944. The molecule has 0 saturated heterocycles. The highest BCUT2D eigenvalue weighted by molar-refractivity contribution is 6.11. The van der Waals surface area contributed by atoms with Crippen molar-refractivity contribution >= 4 is 16.7 Å². The maximum Gasteiger partial charge on any atom is 0.186 e. The SMILES string of the molecule is Cc1ccc([C@@H](C)CN[C@H](C(=O)c2c[nH]c3cc(-c4cnn(C)c4)ccc23)c2ccccc2)cc1. The molecule has 0 amide bonds. The molecule has 176 valence electrons. The molecule has 0 unspecified atom stereocenters. The third-order valence-corrected chi connectivity index (χ3v) is 6.66. The summed E-state index contributed by atoms with van der Waals surface area (Å²) in [7, 11) is 1.91. The summed E-state index contributed by atoms with van der Waals surface area (Å²) in [6.07, 6.45) is 5.67. The van der Waals surface area contributed by atoms with Crippen molar-refractivity contribution in [2.24, 2.45) is 7.05 Å². The fourth-order valence-corrected chi connectivity index (χ4v) is 4.55. The second-order valence-corrected chi connectivity index (χ2v) is 9.29. The summed E-state index contributed by atoms with van der Waals surface area (Å²) in [5.41, 5.74) is 7.23. The molecule has 0 radical (unpaired) electrons. The van der Waals surface area contributed by atoms with Gasteiger partial charge < -0.3 is 10.3 Å². The highest BCUT2D eigenvalue weighted by Gasteiger charge is 2.25. The molecule has 0 spiro atoms. The third kappa shape index (κ3) is 4.81. The summed E-state index contributed by atoms with van der Waals surface area (Å²) in [6, 6.07) is 24.3. The molecule has 2 atom stereocenters. The molecular weight excluding hydrogens is 432 g/mol. The smallest absolute Gasteiger partial charge is 0.186 e. The second-order valence-electron chi connectivity index (χ2n) is 9.29. The number of aryl methyl sites for hydroxylation is 2. The highest BCUT2D eigenvalue weighted by atomic mass is 16.1. The van der Waals surface area contributed by atoms with E-state index in [1.54, 1.807) is 4.68 Å². The van der Waals surface area contributed by atoms with Gasteiger partial charge in [0.15, 0.2) is 5.78 Å². The summed E-state index contributed by atoms with van der Waals surface area (Å²) >= 11 is 0. The van der Waals surface area contributed by atoms with Crippen LogP contribution in [0, 0.1) is 6.92 Å². The number of fused-ring (bicyclic) bond motifs is 1. The fraction of sp³-hybridized carbons (Fsp3) is 0.200. The molecule has 0 aliphatic carbocycles. The van der Waals surface area contributed by atoms with Gasteiger partial charge in [-0.05, 0) is 35.6 Å². The van der Waals surface area contributed by atoms with Crippen LogP contribution in [0.15, 0.2) is 91.4 Å². The number of hydrogen-bond donors (Lipinski definition) is 2. The number of Topliss-reactive ketones (excluding diaryl/α,β-unsaturated/α-hetero) is 1. The first kappa shape index (κ1) is 22.8. The van der Waals surface area contributed by atoms with Crippen LogP contribution < -0.4 is 5.32 Å². The van der Waals surface area contributed by atoms with Crippen molar-refractivity contribution in [1.82, 2.24) is 20.1 Å². The lowest BCUT2D eigenvalue weighted by atomic mass is 9.94. The number of carbonyl (C=O) groups is 1. The normalized spacial score (nSPS) is 13.1. The molecule has 2 heterocycles. The largest absolute Gasteiger partial charge is 0.360 e. The molecular formula is C30H30N4O. The predicted octanol–water partition coefficient (Wildman–Crippen LogP) is 6.19. The zero-order chi connectivity index (χ0) is 24.4. The second kappa shape index (κ2) is 9.72. The Morgan fingerprint density at radius 2 is 1.77 bits per heavy atom. The summed E-state index contributed by atoms with van der Waals surface area (Å²) in [5.74, 6) is 0.340. The van der Waals surface area contributed by atoms with Crippen LogP contribution in [-0.4, -0.2) is 27.1 Å². The van der Waals surface area contributed by atoms with Gasteiger partial charge >= 0.3 is 0 Å². The minimum Gasteiger partial charge on any atom is -0.360 e. The van der Waals surface area contributed by atoms with Gasteiger partial charge in [0.2, 0.25) is 0 Å². The number of aromatic nitrogens is 3. The van der Waals surface area contributed by atoms with Crippen LogP contribution in [0.3, 0.4) is 0 Å². The number of nitrogens with one attached hydrogen (secondary N) is 2. The van der Waals surface area contributed by atoms with Gasteiger partial charge in [-0.3, -0.25) is 9.48 Å². The monoisotopic (exact) mass is 462 g/mol. The lowest BCUT2D eigenvalue weighted by Gasteiger charge is -2.21. The van der Waals surface area contributed by atoms with Gasteiger partial charge in [0.25, 0.3) is 0 Å². The summed E-state index contributed by atoms with van der Waals surface area (Å²) in [6.45, 7) is 4.98. The standard InChI is InChI=1S/C30H30N4O/c1-20-9-11-22(12-10-20)21(2)16-32-29(23-7-5-4-6-8-23)30(35)27-18-31-28-15-24(13-14-26(27)28)25-17-33-34(3)19-25/h4-15,17-19,21,29,31-32H,16H2,1-3H3/t21-,29-/m0/s1. The van der Waals surface area contributed by atoms with Gasteiger partial charge in [-0.25, -0.2) is 0 Å². The zero-order valence-electron chi connectivity index (χ0n) is 20.3. The quantitative estimate of drug-likeness (QED) is 0.270. The molecule has 0 saturated carbocycles. The Hall–Kier alpha value is -3.96. The number of carbonyl (C=O) groups excluding carboxylic acids is 1. The first-order valence-corrected chi connectivity index (χ1v) is 12.0. The Balaban J connectivity index is 1.42. The van der Waals surface area contributed by atoms with Gasteiger partial charge in [0.05, 0.1) is 12.2 Å². The van der Waals surface area contributed by atoms with Crippen LogP contribution in [0.5, 0.6) is 0 Å². The van der Waals surface area contributed by atoms with E-state index in [-0.39, 0.29) is 11.7 Å². The third-order valence-electron chi connectivity index (χ3n) is 6.66. The van der Waals surface area contributed by atoms with E-state index in [0.29, 0.717) is 12.1 Å². The van der Waals surface area contributed by atoms with Gasteiger partial charge in [0, 0.05) is 48.0 Å². The number of ketones is 1. The maximum atomic E-state index is 13.9. The summed E-state index contributed by atoms with van der Waals surface area (Å²) in [4.78, 5) is 17.2. The molecule has 5 rings (SSSR count). The molecule has 0 bridgehead atoms. The van der Waals surface area contributed by atoms with Crippen molar-refractivity contribution in [3.05, 3.63) is 114 Å². The Bertz CT molecular complexity index is 1450. The van der Waals surface area contributed by atoms with Crippen molar-refractivity contribution in [2.75, 3.05) is 6.54 Å². The molecule has 5 heteroatoms. The molecule has 0 aliphatic rings. The maximum absolute atomic E-state index is 13.9. The van der Waals surface area contributed by atoms with Crippen LogP contribution in [0.25, 0.3) is 22.0 Å². The fourth-order valence-electron chi connectivity index (χ4n) is 4.55.